The number of ether oxygens (including phenoxy) is 2. The molecule has 10 heteroatoms. The molecule has 1 N–H and O–H groups in total. The van der Waals surface area contributed by atoms with Gasteiger partial charge in [0, 0.05) is 25.1 Å². The molecule has 43 heavy (non-hydrogen) atoms. The van der Waals surface area contributed by atoms with Crippen molar-refractivity contribution >= 4 is 27.5 Å². The molecule has 4 aliphatic heterocycles. The van der Waals surface area contributed by atoms with Gasteiger partial charge in [-0.15, -0.1) is 0 Å². The van der Waals surface area contributed by atoms with E-state index < -0.39 is 23.3 Å². The molecule has 0 spiro atoms. The lowest BCUT2D eigenvalue weighted by atomic mass is 9.93. The Balaban J connectivity index is 1.32. The number of phenolic OH excluding ortho intramolecular Hbond substituents is 1. The number of nitrogens with zero attached hydrogens (tertiary/aromatic N) is 4. The molecule has 224 valence electrons. The lowest BCUT2D eigenvalue weighted by Crippen LogP contribution is -2.44. The van der Waals surface area contributed by atoms with Crippen LogP contribution >= 0.6 is 0 Å². The highest BCUT2D eigenvalue weighted by molar-refractivity contribution is 6.05. The Hall–Kier alpha value is -3.79. The third-order valence-corrected chi connectivity index (χ3v) is 9.98. The van der Waals surface area contributed by atoms with Crippen molar-refractivity contribution in [3.63, 3.8) is 0 Å². The molecule has 3 fully saturated rings. The third kappa shape index (κ3) is 4.20. The molecule has 3 aromatic carbocycles. The van der Waals surface area contributed by atoms with Crippen LogP contribution in [0.3, 0.4) is 0 Å². The normalized spacial score (nSPS) is 25.1. The van der Waals surface area contributed by atoms with Crippen LogP contribution in [0, 0.1) is 18.6 Å². The fourth-order valence-electron chi connectivity index (χ4n) is 7.90. The number of aromatic nitrogens is 2. The van der Waals surface area contributed by atoms with Crippen LogP contribution in [-0.2, 0) is 0 Å². The molecule has 4 aliphatic rings. The van der Waals surface area contributed by atoms with Gasteiger partial charge in [0.1, 0.15) is 48.0 Å². The SMILES string of the molecule is Cc1c(F)ccc2cc(O)cc(-c3cc4c5c(nc(OC[C@@]67CCCN6C[C@H](F)C7)nc5c3F)N3CCCC[C@H]3CO4)c12. The van der Waals surface area contributed by atoms with E-state index in [0.29, 0.717) is 58.4 Å². The Kier molecular flexibility index (Phi) is 6.15. The summed E-state index contributed by atoms with van der Waals surface area (Å²) in [6.45, 7) is 4.25. The minimum Gasteiger partial charge on any atom is -0.508 e. The van der Waals surface area contributed by atoms with Crippen molar-refractivity contribution in [2.75, 3.05) is 37.7 Å². The van der Waals surface area contributed by atoms with Crippen molar-refractivity contribution in [3.8, 4) is 28.6 Å². The van der Waals surface area contributed by atoms with Crippen LogP contribution in [0.25, 0.3) is 32.8 Å². The average Bonchev–Trinajstić information content (AvgIpc) is 3.47. The van der Waals surface area contributed by atoms with E-state index in [9.17, 15) is 13.9 Å². The number of alkyl halides is 1. The van der Waals surface area contributed by atoms with Crippen molar-refractivity contribution in [2.24, 2.45) is 0 Å². The summed E-state index contributed by atoms with van der Waals surface area (Å²) in [6, 6.07) is 7.63. The van der Waals surface area contributed by atoms with E-state index in [4.69, 9.17) is 14.5 Å². The molecule has 0 saturated carbocycles. The standard InChI is InChI=1S/C33H33F3N4O3/c1-18-25(35)7-6-19-11-22(41)12-23(27(18)19)24-13-26-28-30(29(24)36)37-32(38-31(28)40-10-3-2-5-21(40)16-42-26)43-17-33-8-4-9-39(33)15-20(34)14-33/h6-7,11-13,20-21,41H,2-5,8-10,14-17H2,1H3/t20-,21+,33+/m1/s1. The fourth-order valence-corrected chi connectivity index (χ4v) is 7.90. The molecule has 8 rings (SSSR count). The summed E-state index contributed by atoms with van der Waals surface area (Å²) in [6.07, 6.45) is 4.26. The fraction of sp³-hybridized carbons (Fsp3) is 0.455. The predicted octanol–water partition coefficient (Wildman–Crippen LogP) is 6.45. The lowest BCUT2D eigenvalue weighted by molar-refractivity contribution is 0.107. The van der Waals surface area contributed by atoms with E-state index in [-0.39, 0.29) is 35.5 Å². The van der Waals surface area contributed by atoms with E-state index in [1.807, 2.05) is 0 Å². The maximum atomic E-state index is 16.9. The van der Waals surface area contributed by atoms with Gasteiger partial charge in [-0.05, 0) is 91.7 Å². The highest BCUT2D eigenvalue weighted by atomic mass is 19.1. The first-order valence-corrected chi connectivity index (χ1v) is 15.2. The number of aryl methyl sites for hydroxylation is 1. The van der Waals surface area contributed by atoms with Crippen molar-refractivity contribution in [2.45, 2.75) is 63.2 Å². The first-order valence-electron chi connectivity index (χ1n) is 15.2. The first kappa shape index (κ1) is 26.8. The van der Waals surface area contributed by atoms with E-state index in [1.165, 1.54) is 18.2 Å². The number of benzene rings is 3. The molecule has 4 aromatic rings. The Morgan fingerprint density at radius 2 is 1.95 bits per heavy atom. The number of hydrogen-bond acceptors (Lipinski definition) is 7. The van der Waals surface area contributed by atoms with Crippen LogP contribution < -0.4 is 14.4 Å². The smallest absolute Gasteiger partial charge is 0.319 e. The summed E-state index contributed by atoms with van der Waals surface area (Å²) < 4.78 is 58.6. The van der Waals surface area contributed by atoms with Crippen LogP contribution in [0.2, 0.25) is 0 Å². The summed E-state index contributed by atoms with van der Waals surface area (Å²) in [4.78, 5) is 13.8. The summed E-state index contributed by atoms with van der Waals surface area (Å²) in [5, 5.41) is 12.1. The average molecular weight is 591 g/mol. The molecule has 0 unspecified atom stereocenters. The van der Waals surface area contributed by atoms with Crippen molar-refractivity contribution in [1.29, 1.82) is 0 Å². The number of hydrogen-bond donors (Lipinski definition) is 1. The van der Waals surface area contributed by atoms with Crippen LogP contribution in [0.15, 0.2) is 30.3 Å². The van der Waals surface area contributed by atoms with Crippen LogP contribution in [0.1, 0.15) is 44.1 Å². The van der Waals surface area contributed by atoms with Gasteiger partial charge in [-0.25, -0.2) is 13.2 Å². The molecule has 3 saturated heterocycles. The van der Waals surface area contributed by atoms with E-state index in [2.05, 4.69) is 14.8 Å². The summed E-state index contributed by atoms with van der Waals surface area (Å²) in [5.74, 6) is -0.111. The zero-order chi connectivity index (χ0) is 29.5. The van der Waals surface area contributed by atoms with E-state index in [0.717, 1.165) is 45.2 Å². The quantitative estimate of drug-likeness (QED) is 0.293. The first-order chi connectivity index (χ1) is 20.8. The van der Waals surface area contributed by atoms with Gasteiger partial charge in [0.25, 0.3) is 0 Å². The molecule has 0 aliphatic carbocycles. The summed E-state index contributed by atoms with van der Waals surface area (Å²) in [7, 11) is 0. The number of halogens is 3. The summed E-state index contributed by atoms with van der Waals surface area (Å²) in [5.41, 5.74) is 0.475. The van der Waals surface area contributed by atoms with Crippen LogP contribution in [-0.4, -0.2) is 70.6 Å². The highest BCUT2D eigenvalue weighted by Gasteiger charge is 2.49. The Morgan fingerprint density at radius 1 is 1.07 bits per heavy atom. The van der Waals surface area contributed by atoms with Crippen LogP contribution in [0.4, 0.5) is 19.0 Å². The largest absolute Gasteiger partial charge is 0.508 e. The minimum atomic E-state index is -0.898. The second-order valence-corrected chi connectivity index (χ2v) is 12.6. The maximum absolute atomic E-state index is 16.9. The van der Waals surface area contributed by atoms with Crippen molar-refractivity contribution in [3.05, 3.63) is 47.5 Å². The maximum Gasteiger partial charge on any atom is 0.319 e. The third-order valence-electron chi connectivity index (χ3n) is 9.98. The number of aromatic hydroxyl groups is 1. The second kappa shape index (κ2) is 9.87. The van der Waals surface area contributed by atoms with E-state index >= 15 is 4.39 Å². The molecule has 0 bridgehead atoms. The number of rotatable bonds is 4. The van der Waals surface area contributed by atoms with E-state index in [1.54, 1.807) is 19.1 Å². The number of anilines is 1. The van der Waals surface area contributed by atoms with Crippen molar-refractivity contribution < 1.29 is 27.8 Å². The van der Waals surface area contributed by atoms with Crippen LogP contribution in [0.5, 0.6) is 17.5 Å². The number of fused-ring (bicyclic) bond motifs is 4. The molecule has 0 amide bonds. The van der Waals surface area contributed by atoms with Gasteiger partial charge < -0.3 is 19.5 Å². The highest BCUT2D eigenvalue weighted by Crippen LogP contribution is 2.46. The summed E-state index contributed by atoms with van der Waals surface area (Å²) >= 11 is 0. The Bertz CT molecular complexity index is 1780. The zero-order valence-corrected chi connectivity index (χ0v) is 24.0. The monoisotopic (exact) mass is 590 g/mol. The molecular weight excluding hydrogens is 557 g/mol. The van der Waals surface area contributed by atoms with Gasteiger partial charge in [0.15, 0.2) is 5.82 Å². The lowest BCUT2D eigenvalue weighted by Gasteiger charge is -2.35. The van der Waals surface area contributed by atoms with Gasteiger partial charge in [-0.1, -0.05) is 6.07 Å². The Labute approximate surface area is 247 Å². The molecule has 0 radical (unpaired) electrons. The zero-order valence-electron chi connectivity index (χ0n) is 24.0. The van der Waals surface area contributed by atoms with Gasteiger partial charge in [-0.3, -0.25) is 4.90 Å². The number of piperidine rings is 1. The van der Waals surface area contributed by atoms with Crippen molar-refractivity contribution in [1.82, 2.24) is 14.9 Å². The van der Waals surface area contributed by atoms with Gasteiger partial charge in [-0.2, -0.15) is 9.97 Å². The topological polar surface area (TPSA) is 71.0 Å². The van der Waals surface area contributed by atoms with Gasteiger partial charge in [0.05, 0.1) is 17.0 Å². The molecule has 1 aromatic heterocycles. The molecule has 3 atom stereocenters. The van der Waals surface area contributed by atoms with Gasteiger partial charge >= 0.3 is 6.01 Å². The predicted molar refractivity (Wildman–Crippen MR) is 158 cm³/mol. The second-order valence-electron chi connectivity index (χ2n) is 12.6. The molecule has 5 heterocycles. The van der Waals surface area contributed by atoms with Gasteiger partial charge in [0.2, 0.25) is 0 Å². The minimum absolute atomic E-state index is 0.0415. The molecule has 7 nitrogen and oxygen atoms in total. The number of phenols is 1. The molecular formula is C33H33F3N4O3. The Morgan fingerprint density at radius 3 is 2.84 bits per heavy atom.